The first-order valence-electron chi connectivity index (χ1n) is 11.2. The lowest BCUT2D eigenvalue weighted by atomic mass is 9.89. The molecule has 1 heterocycles. The van der Waals surface area contributed by atoms with Crippen molar-refractivity contribution < 1.29 is 35.0 Å². The Morgan fingerprint density at radius 1 is 0.938 bits per heavy atom. The largest absolute Gasteiger partial charge is 0.488 e. The highest BCUT2D eigenvalue weighted by atomic mass is 16.5. The molecule has 0 bridgehead atoms. The van der Waals surface area contributed by atoms with Crippen molar-refractivity contribution in [3.8, 4) is 5.75 Å². The van der Waals surface area contributed by atoms with Crippen molar-refractivity contribution in [3.63, 3.8) is 0 Å². The normalized spacial score (nSPS) is 32.8. The molecule has 0 spiro atoms. The summed E-state index contributed by atoms with van der Waals surface area (Å²) < 4.78 is 11.6. The molecule has 5 N–H and O–H groups in total. The summed E-state index contributed by atoms with van der Waals surface area (Å²) in [5, 5.41) is 50.0. The van der Waals surface area contributed by atoms with Crippen LogP contribution in [-0.2, 0) is 11.2 Å². The Balaban J connectivity index is 1.48. The maximum absolute atomic E-state index is 10.4. The van der Waals surface area contributed by atoms with E-state index in [-0.39, 0.29) is 6.10 Å². The van der Waals surface area contributed by atoms with Gasteiger partial charge in [-0.2, -0.15) is 0 Å². The van der Waals surface area contributed by atoms with Crippen LogP contribution in [0.5, 0.6) is 5.75 Å². The van der Waals surface area contributed by atoms with Gasteiger partial charge in [-0.25, -0.2) is 0 Å². The average Bonchev–Trinajstić information content (AvgIpc) is 3.19. The van der Waals surface area contributed by atoms with E-state index in [4.69, 9.17) is 9.47 Å². The van der Waals surface area contributed by atoms with Crippen LogP contribution in [0, 0.1) is 6.92 Å². The molecular weight excluding hydrogens is 412 g/mol. The molecule has 174 valence electrons. The van der Waals surface area contributed by atoms with Crippen molar-refractivity contribution in [2.45, 2.75) is 75.3 Å². The lowest BCUT2D eigenvalue weighted by molar-refractivity contribution is -0.231. The van der Waals surface area contributed by atoms with Crippen LogP contribution >= 0.6 is 0 Å². The monoisotopic (exact) mass is 444 g/mol. The van der Waals surface area contributed by atoms with Crippen LogP contribution in [0.1, 0.15) is 47.6 Å². The maximum atomic E-state index is 10.4. The van der Waals surface area contributed by atoms with Crippen molar-refractivity contribution in [3.05, 3.63) is 64.7 Å². The first kappa shape index (κ1) is 23.2. The Morgan fingerprint density at radius 3 is 2.34 bits per heavy atom. The molecule has 2 aliphatic rings. The van der Waals surface area contributed by atoms with Gasteiger partial charge >= 0.3 is 0 Å². The van der Waals surface area contributed by atoms with Gasteiger partial charge in [0.25, 0.3) is 0 Å². The van der Waals surface area contributed by atoms with Gasteiger partial charge in [0.05, 0.1) is 12.7 Å². The topological polar surface area (TPSA) is 120 Å². The predicted octanol–water partition coefficient (Wildman–Crippen LogP) is 1.39. The summed E-state index contributed by atoms with van der Waals surface area (Å²) in [6, 6.07) is 13.5. The van der Waals surface area contributed by atoms with Gasteiger partial charge in [-0.05, 0) is 67.0 Å². The molecule has 0 unspecified atom stereocenters. The van der Waals surface area contributed by atoms with Gasteiger partial charge in [-0.15, -0.1) is 0 Å². The Hall–Kier alpha value is -2.00. The number of aliphatic hydroxyl groups excluding tert-OH is 5. The average molecular weight is 445 g/mol. The lowest BCUT2D eigenvalue weighted by Crippen LogP contribution is -2.55. The Kier molecular flexibility index (Phi) is 7.14. The van der Waals surface area contributed by atoms with Crippen molar-refractivity contribution in [1.82, 2.24) is 0 Å². The van der Waals surface area contributed by atoms with Crippen molar-refractivity contribution in [1.29, 1.82) is 0 Å². The van der Waals surface area contributed by atoms with E-state index in [0.29, 0.717) is 12.0 Å². The highest BCUT2D eigenvalue weighted by molar-refractivity contribution is 5.38. The summed E-state index contributed by atoms with van der Waals surface area (Å²) in [5.74, 6) is 0.742. The van der Waals surface area contributed by atoms with Crippen molar-refractivity contribution in [2.24, 2.45) is 0 Å². The van der Waals surface area contributed by atoms with Gasteiger partial charge in [-0.1, -0.05) is 30.3 Å². The molecular formula is C25H32O7. The number of aliphatic hydroxyl groups is 5. The van der Waals surface area contributed by atoms with E-state index in [9.17, 15) is 25.5 Å². The number of rotatable bonds is 6. The third-order valence-electron chi connectivity index (χ3n) is 6.62. The van der Waals surface area contributed by atoms with E-state index in [1.165, 1.54) is 0 Å². The van der Waals surface area contributed by atoms with Crippen molar-refractivity contribution in [2.75, 3.05) is 6.61 Å². The summed E-state index contributed by atoms with van der Waals surface area (Å²) in [6.45, 7) is 1.55. The Labute approximate surface area is 187 Å². The molecule has 0 amide bonds. The molecule has 7 nitrogen and oxygen atoms in total. The van der Waals surface area contributed by atoms with Crippen LogP contribution < -0.4 is 4.74 Å². The van der Waals surface area contributed by atoms with Gasteiger partial charge in [0.2, 0.25) is 0 Å². The van der Waals surface area contributed by atoms with E-state index in [0.717, 1.165) is 41.7 Å². The molecule has 0 radical (unpaired) electrons. The van der Waals surface area contributed by atoms with Crippen LogP contribution in [0.2, 0.25) is 0 Å². The highest BCUT2D eigenvalue weighted by Gasteiger charge is 2.44. The molecule has 1 aliphatic heterocycles. The number of ether oxygens (including phenoxy) is 2. The molecule has 1 aliphatic carbocycles. The van der Waals surface area contributed by atoms with E-state index >= 15 is 0 Å². The highest BCUT2D eigenvalue weighted by Crippen LogP contribution is 2.33. The second-order valence-corrected chi connectivity index (χ2v) is 8.91. The van der Waals surface area contributed by atoms with Gasteiger partial charge in [-0.3, -0.25) is 0 Å². The van der Waals surface area contributed by atoms with E-state index in [2.05, 4.69) is 0 Å². The summed E-state index contributed by atoms with van der Waals surface area (Å²) in [6.07, 6.45) is -3.11. The zero-order valence-electron chi connectivity index (χ0n) is 18.2. The molecule has 7 heteroatoms. The molecule has 1 saturated heterocycles. The summed E-state index contributed by atoms with van der Waals surface area (Å²) >= 11 is 0. The van der Waals surface area contributed by atoms with Crippen LogP contribution in [0.15, 0.2) is 42.5 Å². The lowest BCUT2D eigenvalue weighted by Gasteiger charge is -2.40. The number of aryl methyl sites for hydroxylation is 1. The summed E-state index contributed by atoms with van der Waals surface area (Å²) in [4.78, 5) is 0. The van der Waals surface area contributed by atoms with E-state index < -0.39 is 43.2 Å². The minimum Gasteiger partial charge on any atom is -0.488 e. The van der Waals surface area contributed by atoms with Gasteiger partial charge in [0.1, 0.15) is 42.4 Å². The van der Waals surface area contributed by atoms with E-state index in [1.54, 1.807) is 0 Å². The minimum atomic E-state index is -1.40. The smallest absolute Gasteiger partial charge is 0.124 e. The standard InChI is InChI=1S/C25H32O7/c1-14-5-8-16(25-24(30)23(29)22(28)21(13-26)32-25)12-17(14)11-15-6-9-18(10-7-15)31-20-4-2-3-19(20)27/h5-10,12,19-30H,2-4,11,13H2,1H3/t19-,20-,21-,22-,23+,24-,25+/m1/s1. The molecule has 0 aromatic heterocycles. The Morgan fingerprint density at radius 2 is 1.69 bits per heavy atom. The number of hydrogen-bond donors (Lipinski definition) is 5. The quantitative estimate of drug-likeness (QED) is 0.457. The fraction of sp³-hybridized carbons (Fsp3) is 0.520. The zero-order valence-corrected chi connectivity index (χ0v) is 18.2. The number of benzene rings is 2. The maximum Gasteiger partial charge on any atom is 0.124 e. The van der Waals surface area contributed by atoms with Gasteiger partial charge in [0, 0.05) is 0 Å². The van der Waals surface area contributed by atoms with Crippen molar-refractivity contribution >= 4 is 0 Å². The Bertz CT molecular complexity index is 898. The fourth-order valence-electron chi connectivity index (χ4n) is 4.56. The summed E-state index contributed by atoms with van der Waals surface area (Å²) in [5.41, 5.74) is 3.88. The second-order valence-electron chi connectivity index (χ2n) is 8.91. The minimum absolute atomic E-state index is 0.140. The van der Waals surface area contributed by atoms with Crippen LogP contribution in [0.3, 0.4) is 0 Å². The molecule has 2 aromatic rings. The van der Waals surface area contributed by atoms with Crippen LogP contribution in [0.25, 0.3) is 0 Å². The van der Waals surface area contributed by atoms with E-state index in [1.807, 2.05) is 49.4 Å². The third-order valence-corrected chi connectivity index (χ3v) is 6.62. The molecule has 4 rings (SSSR count). The molecule has 32 heavy (non-hydrogen) atoms. The van der Waals surface area contributed by atoms with Crippen LogP contribution in [-0.4, -0.2) is 68.8 Å². The van der Waals surface area contributed by atoms with Gasteiger partial charge < -0.3 is 35.0 Å². The molecule has 2 aromatic carbocycles. The predicted molar refractivity (Wildman–Crippen MR) is 117 cm³/mol. The first-order chi connectivity index (χ1) is 15.4. The third kappa shape index (κ3) is 4.83. The van der Waals surface area contributed by atoms with Crippen LogP contribution in [0.4, 0.5) is 0 Å². The first-order valence-corrected chi connectivity index (χ1v) is 11.2. The number of hydrogen-bond acceptors (Lipinski definition) is 7. The molecule has 7 atom stereocenters. The SMILES string of the molecule is Cc1ccc([C@@H]2O[C@H](CO)[C@@H](O)[C@H](O)[C@H]2O)cc1Cc1ccc(O[C@@H]2CCC[C@H]2O)cc1. The molecule has 1 saturated carbocycles. The second kappa shape index (κ2) is 9.87. The summed E-state index contributed by atoms with van der Waals surface area (Å²) in [7, 11) is 0. The van der Waals surface area contributed by atoms with Gasteiger partial charge in [0.15, 0.2) is 0 Å². The zero-order chi connectivity index (χ0) is 22.8. The molecule has 2 fully saturated rings. The fourth-order valence-corrected chi connectivity index (χ4v) is 4.56.